The first-order valence-corrected chi connectivity index (χ1v) is 8.59. The molecular formula is C20H21N3OS. The third-order valence-corrected chi connectivity index (χ3v) is 4.63. The van der Waals surface area contributed by atoms with E-state index >= 15 is 0 Å². The van der Waals surface area contributed by atoms with Crippen LogP contribution in [-0.2, 0) is 4.79 Å². The van der Waals surface area contributed by atoms with E-state index < -0.39 is 0 Å². The average Bonchev–Trinajstić information content (AvgIpc) is 2.56. The summed E-state index contributed by atoms with van der Waals surface area (Å²) < 4.78 is 0. The Hall–Kier alpha value is -2.66. The number of rotatable bonds is 3. The van der Waals surface area contributed by atoms with Gasteiger partial charge in [0.2, 0.25) is 0 Å². The third-order valence-electron chi connectivity index (χ3n) is 4.41. The van der Waals surface area contributed by atoms with Gasteiger partial charge in [-0.3, -0.25) is 4.79 Å². The predicted molar refractivity (Wildman–Crippen MR) is 105 cm³/mol. The van der Waals surface area contributed by atoms with Crippen molar-refractivity contribution in [1.82, 2.24) is 10.6 Å². The molecule has 1 aliphatic heterocycles. The molecule has 0 saturated heterocycles. The molecule has 1 amide bonds. The molecule has 2 aromatic carbocycles. The Morgan fingerprint density at radius 3 is 2.32 bits per heavy atom. The molecule has 0 saturated carbocycles. The van der Waals surface area contributed by atoms with Crippen LogP contribution in [0.15, 0.2) is 59.8 Å². The number of anilines is 1. The molecule has 4 nitrogen and oxygen atoms in total. The summed E-state index contributed by atoms with van der Waals surface area (Å²) in [5.41, 5.74) is 5.40. The van der Waals surface area contributed by atoms with Crippen LogP contribution in [0.5, 0.6) is 0 Å². The molecule has 0 spiro atoms. The number of thiocarbonyl (C=S) groups is 1. The van der Waals surface area contributed by atoms with Crippen molar-refractivity contribution >= 4 is 28.9 Å². The number of allylic oxidation sites excluding steroid dienone is 1. The van der Waals surface area contributed by atoms with Gasteiger partial charge in [0.25, 0.3) is 5.91 Å². The van der Waals surface area contributed by atoms with E-state index in [1.54, 1.807) is 0 Å². The Bertz CT molecular complexity index is 873. The Balaban J connectivity index is 1.99. The molecule has 5 heteroatoms. The van der Waals surface area contributed by atoms with E-state index in [1.165, 1.54) is 0 Å². The van der Waals surface area contributed by atoms with Crippen molar-refractivity contribution in [3.05, 3.63) is 76.5 Å². The number of carbonyl (C=O) groups excluding carboxylic acids is 1. The van der Waals surface area contributed by atoms with Gasteiger partial charge in [0, 0.05) is 11.4 Å². The first-order chi connectivity index (χ1) is 12.0. The van der Waals surface area contributed by atoms with Crippen molar-refractivity contribution in [2.75, 3.05) is 5.32 Å². The second-order valence-electron chi connectivity index (χ2n) is 6.20. The maximum absolute atomic E-state index is 13.0. The van der Waals surface area contributed by atoms with Crippen LogP contribution >= 0.6 is 12.2 Å². The van der Waals surface area contributed by atoms with Crippen LogP contribution in [0.4, 0.5) is 5.69 Å². The molecule has 0 bridgehead atoms. The normalized spacial score (nSPS) is 16.9. The van der Waals surface area contributed by atoms with Crippen LogP contribution in [0.3, 0.4) is 0 Å². The number of aryl methyl sites for hydroxylation is 2. The first-order valence-electron chi connectivity index (χ1n) is 8.18. The minimum Gasteiger partial charge on any atom is -0.351 e. The quantitative estimate of drug-likeness (QED) is 0.738. The van der Waals surface area contributed by atoms with Gasteiger partial charge in [0.1, 0.15) is 0 Å². The van der Waals surface area contributed by atoms with Crippen molar-refractivity contribution < 1.29 is 4.79 Å². The van der Waals surface area contributed by atoms with Crippen LogP contribution in [0.1, 0.15) is 29.7 Å². The molecule has 25 heavy (non-hydrogen) atoms. The van der Waals surface area contributed by atoms with Crippen LogP contribution in [0.2, 0.25) is 0 Å². The highest BCUT2D eigenvalue weighted by Crippen LogP contribution is 2.30. The highest BCUT2D eigenvalue weighted by atomic mass is 32.1. The standard InChI is InChI=1S/C20H21N3OS/c1-12-8-4-6-10-15(12)18-17(14(3)21-20(25)23-18)19(24)22-16-11-7-5-9-13(16)2/h4-11,18H,1-3H3,(H,22,24)(H2,21,23,25). The predicted octanol–water partition coefficient (Wildman–Crippen LogP) is 3.73. The smallest absolute Gasteiger partial charge is 0.255 e. The molecule has 0 aromatic heterocycles. The molecular weight excluding hydrogens is 330 g/mol. The third kappa shape index (κ3) is 3.56. The first kappa shape index (κ1) is 17.2. The van der Waals surface area contributed by atoms with Crippen LogP contribution in [0, 0.1) is 13.8 Å². The Kier molecular flexibility index (Phi) is 4.86. The van der Waals surface area contributed by atoms with Gasteiger partial charge < -0.3 is 16.0 Å². The second kappa shape index (κ2) is 7.07. The topological polar surface area (TPSA) is 53.2 Å². The maximum atomic E-state index is 13.0. The maximum Gasteiger partial charge on any atom is 0.255 e. The van der Waals surface area contributed by atoms with E-state index in [4.69, 9.17) is 12.2 Å². The number of amides is 1. The molecule has 1 unspecified atom stereocenters. The van der Waals surface area contributed by atoms with Crippen molar-refractivity contribution in [2.24, 2.45) is 0 Å². The fraction of sp³-hybridized carbons (Fsp3) is 0.200. The van der Waals surface area contributed by atoms with Gasteiger partial charge in [-0.1, -0.05) is 42.5 Å². The molecule has 1 aliphatic rings. The molecule has 0 radical (unpaired) electrons. The van der Waals surface area contributed by atoms with Crippen molar-refractivity contribution in [3.63, 3.8) is 0 Å². The molecule has 1 atom stereocenters. The number of carbonyl (C=O) groups is 1. The summed E-state index contributed by atoms with van der Waals surface area (Å²) in [6.07, 6.45) is 0. The number of hydrogen-bond acceptors (Lipinski definition) is 2. The van der Waals surface area contributed by atoms with E-state index in [1.807, 2.05) is 69.3 Å². The van der Waals surface area contributed by atoms with Crippen molar-refractivity contribution in [3.8, 4) is 0 Å². The van der Waals surface area contributed by atoms with E-state index in [2.05, 4.69) is 16.0 Å². The Morgan fingerprint density at radius 1 is 1.00 bits per heavy atom. The average molecular weight is 351 g/mol. The molecule has 128 valence electrons. The monoisotopic (exact) mass is 351 g/mol. The molecule has 0 fully saturated rings. The zero-order valence-corrected chi connectivity index (χ0v) is 15.3. The van der Waals surface area contributed by atoms with E-state index in [-0.39, 0.29) is 11.9 Å². The summed E-state index contributed by atoms with van der Waals surface area (Å²) in [5, 5.41) is 9.86. The number of hydrogen-bond donors (Lipinski definition) is 3. The van der Waals surface area contributed by atoms with Gasteiger partial charge in [-0.05, 0) is 55.7 Å². The van der Waals surface area contributed by atoms with E-state index in [0.717, 1.165) is 28.1 Å². The van der Waals surface area contributed by atoms with Gasteiger partial charge >= 0.3 is 0 Å². The Labute approximate surface area is 153 Å². The molecule has 1 heterocycles. The number of nitrogens with one attached hydrogen (secondary N) is 3. The molecule has 2 aromatic rings. The van der Waals surface area contributed by atoms with Crippen molar-refractivity contribution in [1.29, 1.82) is 0 Å². The summed E-state index contributed by atoms with van der Waals surface area (Å²) in [6, 6.07) is 15.5. The minimum absolute atomic E-state index is 0.137. The fourth-order valence-corrected chi connectivity index (χ4v) is 3.31. The lowest BCUT2D eigenvalue weighted by atomic mass is 9.92. The van der Waals surface area contributed by atoms with Crippen LogP contribution in [-0.4, -0.2) is 11.0 Å². The minimum atomic E-state index is -0.279. The molecule has 3 N–H and O–H groups in total. The fourth-order valence-electron chi connectivity index (χ4n) is 3.04. The molecule has 0 aliphatic carbocycles. The summed E-state index contributed by atoms with van der Waals surface area (Å²) in [6.45, 7) is 5.89. The zero-order chi connectivity index (χ0) is 18.0. The summed E-state index contributed by atoms with van der Waals surface area (Å²) in [4.78, 5) is 13.0. The van der Waals surface area contributed by atoms with Gasteiger partial charge in [0.05, 0.1) is 11.6 Å². The van der Waals surface area contributed by atoms with Gasteiger partial charge in [-0.15, -0.1) is 0 Å². The highest BCUT2D eigenvalue weighted by molar-refractivity contribution is 7.80. The van der Waals surface area contributed by atoms with E-state index in [9.17, 15) is 4.79 Å². The van der Waals surface area contributed by atoms with E-state index in [0.29, 0.717) is 10.7 Å². The molecule has 3 rings (SSSR count). The van der Waals surface area contributed by atoms with Gasteiger partial charge in [-0.2, -0.15) is 0 Å². The number of para-hydroxylation sites is 1. The summed E-state index contributed by atoms with van der Waals surface area (Å²) >= 11 is 5.30. The number of benzene rings is 2. The van der Waals surface area contributed by atoms with Gasteiger partial charge in [0.15, 0.2) is 5.11 Å². The lowest BCUT2D eigenvalue weighted by Crippen LogP contribution is -2.46. The van der Waals surface area contributed by atoms with Crippen LogP contribution in [0.25, 0.3) is 0 Å². The van der Waals surface area contributed by atoms with Crippen LogP contribution < -0.4 is 16.0 Å². The highest BCUT2D eigenvalue weighted by Gasteiger charge is 2.30. The largest absolute Gasteiger partial charge is 0.351 e. The lowest BCUT2D eigenvalue weighted by molar-refractivity contribution is -0.113. The van der Waals surface area contributed by atoms with Gasteiger partial charge in [-0.25, -0.2) is 0 Å². The summed E-state index contributed by atoms with van der Waals surface area (Å²) in [5.74, 6) is -0.137. The zero-order valence-electron chi connectivity index (χ0n) is 14.5. The second-order valence-corrected chi connectivity index (χ2v) is 6.60. The summed E-state index contributed by atoms with van der Waals surface area (Å²) in [7, 11) is 0. The Morgan fingerprint density at radius 2 is 1.64 bits per heavy atom. The lowest BCUT2D eigenvalue weighted by Gasteiger charge is -2.31. The SMILES string of the molecule is CC1=C(C(=O)Nc2ccccc2C)C(c2ccccc2C)NC(=S)N1. The van der Waals surface area contributed by atoms with Crippen molar-refractivity contribution in [2.45, 2.75) is 26.8 Å².